The number of aromatic nitrogens is 3. The molecule has 0 unspecified atom stereocenters. The molecule has 3 rings (SSSR count). The van der Waals surface area contributed by atoms with Gasteiger partial charge >= 0.3 is 0 Å². The van der Waals surface area contributed by atoms with E-state index >= 15 is 0 Å². The van der Waals surface area contributed by atoms with Crippen molar-refractivity contribution in [2.45, 2.75) is 19.9 Å². The molecule has 2 aromatic heterocycles. The molecule has 0 bridgehead atoms. The maximum absolute atomic E-state index is 14.2. The molecular weight excluding hydrogens is 368 g/mol. The fourth-order valence-corrected chi connectivity index (χ4v) is 3.05. The lowest BCUT2D eigenvalue weighted by Gasteiger charge is -2.16. The van der Waals surface area contributed by atoms with Crippen LogP contribution in [0.1, 0.15) is 33.4 Å². The van der Waals surface area contributed by atoms with E-state index in [0.717, 1.165) is 6.20 Å². The van der Waals surface area contributed by atoms with Crippen molar-refractivity contribution in [3.63, 3.8) is 0 Å². The largest absolute Gasteiger partial charge is 0.394 e. The summed E-state index contributed by atoms with van der Waals surface area (Å²) in [6.45, 7) is 2.96. The number of hydrogen-bond donors (Lipinski definition) is 4. The van der Waals surface area contributed by atoms with Crippen molar-refractivity contribution in [2.75, 3.05) is 12.3 Å². The van der Waals surface area contributed by atoms with Gasteiger partial charge in [0.05, 0.1) is 18.8 Å². The number of nitrogen functional groups attached to an aromatic ring is 1. The Bertz CT molecular complexity index is 1020. The molecule has 0 saturated carbocycles. The minimum Gasteiger partial charge on any atom is -0.394 e. The highest BCUT2D eigenvalue weighted by Crippen LogP contribution is 2.30. The first-order valence-electron chi connectivity index (χ1n) is 8.46. The summed E-state index contributed by atoms with van der Waals surface area (Å²) in [5.41, 5.74) is 7.72. The van der Waals surface area contributed by atoms with Crippen LogP contribution < -0.4 is 11.1 Å². The second kappa shape index (κ2) is 7.73. The Balaban J connectivity index is 1.92. The summed E-state index contributed by atoms with van der Waals surface area (Å²) < 4.78 is 27.3. The number of nitrogens with two attached hydrogens (primary N) is 1. The number of aromatic amines is 1. The normalized spacial score (nSPS) is 12.0. The predicted molar refractivity (Wildman–Crippen MR) is 99.4 cm³/mol. The second-order valence-electron chi connectivity index (χ2n) is 6.31. The first-order valence-corrected chi connectivity index (χ1v) is 8.46. The Morgan fingerprint density at radius 2 is 1.96 bits per heavy atom. The molecule has 0 aliphatic rings. The van der Waals surface area contributed by atoms with Gasteiger partial charge in [0.15, 0.2) is 5.82 Å². The highest BCUT2D eigenvalue weighted by atomic mass is 19.1. The zero-order valence-corrected chi connectivity index (χ0v) is 15.3. The van der Waals surface area contributed by atoms with E-state index in [2.05, 4.69) is 20.3 Å². The maximum Gasteiger partial charge on any atom is 0.268 e. The molecule has 146 valence electrons. The van der Waals surface area contributed by atoms with E-state index in [1.807, 2.05) is 0 Å². The Morgan fingerprint density at radius 3 is 2.61 bits per heavy atom. The van der Waals surface area contributed by atoms with Crippen LogP contribution in [0.5, 0.6) is 0 Å². The molecule has 5 N–H and O–H groups in total. The van der Waals surface area contributed by atoms with Crippen LogP contribution >= 0.6 is 0 Å². The van der Waals surface area contributed by atoms with Crippen molar-refractivity contribution in [1.29, 1.82) is 0 Å². The highest BCUT2D eigenvalue weighted by Gasteiger charge is 2.24. The summed E-state index contributed by atoms with van der Waals surface area (Å²) in [7, 11) is 0. The molecule has 9 heteroatoms. The molecule has 1 atom stereocenters. The molecule has 0 radical (unpaired) electrons. The Labute approximate surface area is 159 Å². The third-order valence-corrected chi connectivity index (χ3v) is 4.42. The van der Waals surface area contributed by atoms with Crippen LogP contribution in [0.25, 0.3) is 11.3 Å². The topological polar surface area (TPSA) is 117 Å². The van der Waals surface area contributed by atoms with Crippen molar-refractivity contribution in [3.8, 4) is 11.3 Å². The lowest BCUT2D eigenvalue weighted by molar-refractivity contribution is 0.0911. The van der Waals surface area contributed by atoms with E-state index in [1.54, 1.807) is 13.8 Å². The fourth-order valence-electron chi connectivity index (χ4n) is 3.05. The van der Waals surface area contributed by atoms with Crippen molar-refractivity contribution in [3.05, 3.63) is 64.6 Å². The van der Waals surface area contributed by atoms with Gasteiger partial charge in [-0.2, -0.15) is 0 Å². The first-order chi connectivity index (χ1) is 13.3. The summed E-state index contributed by atoms with van der Waals surface area (Å²) in [5, 5.41) is 12.3. The number of aliphatic hydroxyl groups excluding tert-OH is 1. The van der Waals surface area contributed by atoms with Crippen molar-refractivity contribution >= 4 is 11.9 Å². The Morgan fingerprint density at radius 1 is 1.29 bits per heavy atom. The van der Waals surface area contributed by atoms with Crippen LogP contribution in [0, 0.1) is 25.5 Å². The van der Waals surface area contributed by atoms with E-state index in [0.29, 0.717) is 22.4 Å². The lowest BCUT2D eigenvalue weighted by atomic mass is 10.0. The number of H-pyrrole nitrogens is 1. The third kappa shape index (κ3) is 3.70. The van der Waals surface area contributed by atoms with Gasteiger partial charge in [-0.3, -0.25) is 4.79 Å². The minimum atomic E-state index is -0.731. The predicted octanol–water partition coefficient (Wildman–Crippen LogP) is 2.41. The van der Waals surface area contributed by atoms with Gasteiger partial charge in [-0.05, 0) is 37.1 Å². The monoisotopic (exact) mass is 387 g/mol. The summed E-state index contributed by atoms with van der Waals surface area (Å²) >= 11 is 0. The average Bonchev–Trinajstić information content (AvgIpc) is 2.97. The number of hydrogen-bond acceptors (Lipinski definition) is 5. The van der Waals surface area contributed by atoms with Crippen LogP contribution in [-0.4, -0.2) is 32.6 Å². The van der Waals surface area contributed by atoms with Crippen molar-refractivity contribution in [1.82, 2.24) is 20.3 Å². The molecular formula is C19H19F2N5O2. The van der Waals surface area contributed by atoms with E-state index in [1.165, 1.54) is 24.3 Å². The average molecular weight is 387 g/mol. The van der Waals surface area contributed by atoms with Gasteiger partial charge in [0.25, 0.3) is 5.91 Å². The molecule has 0 fully saturated rings. The van der Waals surface area contributed by atoms with E-state index in [-0.39, 0.29) is 23.9 Å². The molecule has 0 saturated heterocycles. The van der Waals surface area contributed by atoms with Crippen LogP contribution in [0.4, 0.5) is 14.7 Å². The number of carbonyl (C=O) groups excluding carboxylic acids is 1. The molecule has 28 heavy (non-hydrogen) atoms. The number of halogens is 2. The van der Waals surface area contributed by atoms with Crippen LogP contribution in [0.3, 0.4) is 0 Å². The summed E-state index contributed by atoms with van der Waals surface area (Å²) in [6.07, 6.45) is 0.972. The summed E-state index contributed by atoms with van der Waals surface area (Å²) in [6, 6.07) is 4.72. The van der Waals surface area contributed by atoms with Crippen molar-refractivity contribution in [2.24, 2.45) is 0 Å². The van der Waals surface area contributed by atoms with Gasteiger partial charge in [0.1, 0.15) is 17.2 Å². The van der Waals surface area contributed by atoms with Gasteiger partial charge in [-0.15, -0.1) is 0 Å². The number of anilines is 1. The molecule has 2 heterocycles. The summed E-state index contributed by atoms with van der Waals surface area (Å²) in [4.78, 5) is 23.2. The van der Waals surface area contributed by atoms with Gasteiger partial charge in [-0.25, -0.2) is 18.7 Å². The summed E-state index contributed by atoms with van der Waals surface area (Å²) in [5.74, 6) is -1.67. The van der Waals surface area contributed by atoms with E-state index < -0.39 is 23.6 Å². The molecule has 0 aliphatic carbocycles. The number of carbonyl (C=O) groups is 1. The van der Waals surface area contributed by atoms with Gasteiger partial charge in [0.2, 0.25) is 5.95 Å². The minimum absolute atomic E-state index is 0.00459. The van der Waals surface area contributed by atoms with Crippen LogP contribution in [0.15, 0.2) is 30.5 Å². The number of amides is 1. The quantitative estimate of drug-likeness (QED) is 0.536. The maximum atomic E-state index is 14.2. The fraction of sp³-hybridized carbons (Fsp3) is 0.211. The Kier molecular flexibility index (Phi) is 5.36. The van der Waals surface area contributed by atoms with E-state index in [9.17, 15) is 18.7 Å². The first kappa shape index (κ1) is 19.4. The number of benzene rings is 1. The SMILES string of the molecule is Cc1[nH]c(C(=O)N[C@H](CO)c2ccc(F)cc2)c(C)c1-c1nc(N)ncc1F. The van der Waals surface area contributed by atoms with Gasteiger partial charge < -0.3 is 21.1 Å². The smallest absolute Gasteiger partial charge is 0.268 e. The zero-order chi connectivity index (χ0) is 20.4. The lowest BCUT2D eigenvalue weighted by Crippen LogP contribution is -2.31. The molecule has 1 amide bonds. The number of aliphatic hydroxyl groups is 1. The number of nitrogens with one attached hydrogen (secondary N) is 2. The highest BCUT2D eigenvalue weighted by molar-refractivity contribution is 5.96. The van der Waals surface area contributed by atoms with Gasteiger partial charge in [0, 0.05) is 11.3 Å². The van der Waals surface area contributed by atoms with E-state index in [4.69, 9.17) is 5.73 Å². The zero-order valence-electron chi connectivity index (χ0n) is 15.3. The number of rotatable bonds is 5. The molecule has 3 aromatic rings. The molecule has 7 nitrogen and oxygen atoms in total. The number of aryl methyl sites for hydroxylation is 1. The van der Waals surface area contributed by atoms with Gasteiger partial charge in [-0.1, -0.05) is 12.1 Å². The van der Waals surface area contributed by atoms with Crippen LogP contribution in [0.2, 0.25) is 0 Å². The second-order valence-corrected chi connectivity index (χ2v) is 6.31. The molecule has 0 spiro atoms. The van der Waals surface area contributed by atoms with Crippen molar-refractivity contribution < 1.29 is 18.7 Å². The standard InChI is InChI=1S/C19H19F2N5O2/c1-9-15(17-13(21)7-23-19(22)26-17)10(2)24-16(9)18(28)25-14(8-27)11-3-5-12(20)6-4-11/h3-7,14,24,27H,8H2,1-2H3,(H,25,28)(H2,22,23,26)/t14-/m1/s1. The van der Waals surface area contributed by atoms with Crippen LogP contribution in [-0.2, 0) is 0 Å². The Hall–Kier alpha value is -3.33. The molecule has 0 aliphatic heterocycles. The number of nitrogens with zero attached hydrogens (tertiary/aromatic N) is 2. The molecule has 1 aromatic carbocycles. The third-order valence-electron chi connectivity index (χ3n) is 4.42.